The van der Waals surface area contributed by atoms with E-state index in [1.165, 1.54) is 0 Å². The Bertz CT molecular complexity index is 237. The van der Waals surface area contributed by atoms with Crippen LogP contribution in [0.2, 0.25) is 0 Å². The van der Waals surface area contributed by atoms with Gasteiger partial charge in [0.15, 0.2) is 0 Å². The summed E-state index contributed by atoms with van der Waals surface area (Å²) >= 11 is 0. The van der Waals surface area contributed by atoms with Crippen LogP contribution in [0.25, 0.3) is 0 Å². The lowest BCUT2D eigenvalue weighted by atomic mass is 9.62. The maximum atomic E-state index is 12.0. The highest BCUT2D eigenvalue weighted by atomic mass is 16.5. The van der Waals surface area contributed by atoms with E-state index in [9.17, 15) is 4.79 Å². The molecule has 0 bridgehead atoms. The maximum absolute atomic E-state index is 12.0. The average molecular weight is 228 g/mol. The van der Waals surface area contributed by atoms with Crippen molar-refractivity contribution in [1.82, 2.24) is 5.32 Å². The normalized spacial score (nSPS) is 30.6. The molecule has 1 atom stereocenters. The molecule has 0 saturated heterocycles. The van der Waals surface area contributed by atoms with E-state index >= 15 is 0 Å². The number of carbonyl (C=O) groups excluding carboxylic acids is 1. The van der Waals surface area contributed by atoms with Gasteiger partial charge in [0.1, 0.15) is 0 Å². The summed E-state index contributed by atoms with van der Waals surface area (Å²) in [5, 5.41) is 2.94. The number of ether oxygens (including phenoxy) is 1. The summed E-state index contributed by atoms with van der Waals surface area (Å²) in [6, 6.07) is 0. The van der Waals surface area contributed by atoms with Crippen LogP contribution in [-0.2, 0) is 9.53 Å². The highest BCUT2D eigenvalue weighted by molar-refractivity contribution is 5.83. The lowest BCUT2D eigenvalue weighted by Gasteiger charge is -2.44. The Morgan fingerprint density at radius 2 is 2.25 bits per heavy atom. The zero-order valence-corrected chi connectivity index (χ0v) is 10.6. The van der Waals surface area contributed by atoms with E-state index in [-0.39, 0.29) is 17.4 Å². The Labute approximate surface area is 97.9 Å². The van der Waals surface area contributed by atoms with Gasteiger partial charge < -0.3 is 15.8 Å². The monoisotopic (exact) mass is 228 g/mol. The molecule has 0 heterocycles. The summed E-state index contributed by atoms with van der Waals surface area (Å²) in [7, 11) is 0. The van der Waals surface area contributed by atoms with Gasteiger partial charge in [-0.3, -0.25) is 4.79 Å². The quantitative estimate of drug-likeness (QED) is 0.710. The van der Waals surface area contributed by atoms with Crippen molar-refractivity contribution in [2.75, 3.05) is 19.7 Å². The number of nitrogens with two attached hydrogens (primary N) is 1. The Kier molecular flexibility index (Phi) is 4.74. The van der Waals surface area contributed by atoms with Crippen LogP contribution < -0.4 is 11.1 Å². The van der Waals surface area contributed by atoms with E-state index < -0.39 is 0 Å². The van der Waals surface area contributed by atoms with Gasteiger partial charge in [-0.05, 0) is 32.6 Å². The third-order valence-corrected chi connectivity index (χ3v) is 3.35. The molecule has 1 fully saturated rings. The molecule has 0 aromatic rings. The second-order valence-corrected chi connectivity index (χ2v) is 4.97. The van der Waals surface area contributed by atoms with Gasteiger partial charge in [0.05, 0.1) is 11.5 Å². The van der Waals surface area contributed by atoms with Gasteiger partial charge in [-0.25, -0.2) is 0 Å². The molecule has 16 heavy (non-hydrogen) atoms. The first-order valence-electron chi connectivity index (χ1n) is 6.14. The zero-order valence-electron chi connectivity index (χ0n) is 10.6. The Balaban J connectivity index is 2.34. The Morgan fingerprint density at radius 1 is 1.62 bits per heavy atom. The van der Waals surface area contributed by atoms with Crippen molar-refractivity contribution in [3.63, 3.8) is 0 Å². The second kappa shape index (κ2) is 5.64. The largest absolute Gasteiger partial charge is 0.377 e. The van der Waals surface area contributed by atoms with E-state index in [2.05, 4.69) is 12.2 Å². The van der Waals surface area contributed by atoms with Crippen molar-refractivity contribution in [2.45, 2.75) is 39.7 Å². The number of rotatable bonds is 6. The molecule has 3 N–H and O–H groups in total. The van der Waals surface area contributed by atoms with Crippen LogP contribution in [0, 0.1) is 11.3 Å². The van der Waals surface area contributed by atoms with Crippen molar-refractivity contribution in [3.8, 4) is 0 Å². The predicted octanol–water partition coefficient (Wildman–Crippen LogP) is 0.903. The van der Waals surface area contributed by atoms with Crippen molar-refractivity contribution < 1.29 is 9.53 Å². The molecule has 0 aliphatic heterocycles. The van der Waals surface area contributed by atoms with E-state index in [1.807, 2.05) is 13.8 Å². The topological polar surface area (TPSA) is 64.3 Å². The molecule has 1 rings (SSSR count). The fraction of sp³-hybridized carbons (Fsp3) is 0.917. The summed E-state index contributed by atoms with van der Waals surface area (Å²) in [5.74, 6) is 0.721. The molecular weight excluding hydrogens is 204 g/mol. The van der Waals surface area contributed by atoms with Gasteiger partial charge in [0.2, 0.25) is 5.91 Å². The van der Waals surface area contributed by atoms with Crippen LogP contribution >= 0.6 is 0 Å². The number of hydrogen-bond donors (Lipinski definition) is 2. The predicted molar refractivity (Wildman–Crippen MR) is 64.0 cm³/mol. The smallest absolute Gasteiger partial charge is 0.227 e. The number of nitrogens with one attached hydrogen (secondary N) is 1. The van der Waals surface area contributed by atoms with Crippen LogP contribution in [0.5, 0.6) is 0 Å². The molecule has 0 aromatic carbocycles. The Morgan fingerprint density at radius 3 is 2.69 bits per heavy atom. The molecule has 1 aliphatic rings. The number of hydrogen-bond acceptors (Lipinski definition) is 3. The zero-order chi connectivity index (χ0) is 12.2. The minimum Gasteiger partial charge on any atom is -0.377 e. The molecule has 0 spiro atoms. The van der Waals surface area contributed by atoms with Crippen LogP contribution in [-0.4, -0.2) is 31.7 Å². The highest BCUT2D eigenvalue weighted by Gasteiger charge is 2.46. The second-order valence-electron chi connectivity index (χ2n) is 4.97. The van der Waals surface area contributed by atoms with E-state index in [0.29, 0.717) is 25.6 Å². The third-order valence-electron chi connectivity index (χ3n) is 3.35. The van der Waals surface area contributed by atoms with Gasteiger partial charge in [-0.1, -0.05) is 6.92 Å². The van der Waals surface area contributed by atoms with Crippen molar-refractivity contribution in [2.24, 2.45) is 17.1 Å². The van der Waals surface area contributed by atoms with Gasteiger partial charge in [0.25, 0.3) is 0 Å². The summed E-state index contributed by atoms with van der Waals surface area (Å²) in [6.45, 7) is 7.77. The lowest BCUT2D eigenvalue weighted by Crippen LogP contribution is -2.54. The molecule has 4 nitrogen and oxygen atoms in total. The molecular formula is C12H24N2O2. The van der Waals surface area contributed by atoms with Gasteiger partial charge in [-0.15, -0.1) is 0 Å². The molecule has 94 valence electrons. The minimum atomic E-state index is -0.300. The summed E-state index contributed by atoms with van der Waals surface area (Å²) in [4.78, 5) is 12.0. The number of amides is 1. The lowest BCUT2D eigenvalue weighted by molar-refractivity contribution is -0.138. The minimum absolute atomic E-state index is 0.0706. The van der Waals surface area contributed by atoms with Gasteiger partial charge >= 0.3 is 0 Å². The Hall–Kier alpha value is -0.610. The third kappa shape index (κ3) is 2.95. The van der Waals surface area contributed by atoms with Gasteiger partial charge in [-0.2, -0.15) is 0 Å². The molecule has 4 heteroatoms. The first-order valence-corrected chi connectivity index (χ1v) is 6.14. The SMILES string of the molecule is CCOC(C)CNC(=O)C1(CN)CC(C)C1. The maximum Gasteiger partial charge on any atom is 0.227 e. The van der Waals surface area contributed by atoms with E-state index in [0.717, 1.165) is 12.8 Å². The molecule has 0 radical (unpaired) electrons. The van der Waals surface area contributed by atoms with Crippen LogP contribution in [0.4, 0.5) is 0 Å². The van der Waals surface area contributed by atoms with E-state index in [4.69, 9.17) is 10.5 Å². The fourth-order valence-electron chi connectivity index (χ4n) is 2.49. The van der Waals surface area contributed by atoms with Crippen molar-refractivity contribution in [3.05, 3.63) is 0 Å². The summed E-state index contributed by atoms with van der Waals surface area (Å²) in [5.41, 5.74) is 5.40. The number of carbonyl (C=O) groups is 1. The molecule has 0 aromatic heterocycles. The van der Waals surface area contributed by atoms with E-state index in [1.54, 1.807) is 0 Å². The van der Waals surface area contributed by atoms with Crippen LogP contribution in [0.1, 0.15) is 33.6 Å². The first kappa shape index (κ1) is 13.5. The standard InChI is InChI=1S/C12H24N2O2/c1-4-16-10(3)7-14-11(15)12(8-13)5-9(2)6-12/h9-10H,4-8,13H2,1-3H3,(H,14,15). The first-order chi connectivity index (χ1) is 7.54. The van der Waals surface area contributed by atoms with Gasteiger partial charge in [0, 0.05) is 19.7 Å². The molecule has 1 unspecified atom stereocenters. The average Bonchev–Trinajstić information content (AvgIpc) is 2.21. The summed E-state index contributed by atoms with van der Waals surface area (Å²) in [6.07, 6.45) is 1.90. The summed E-state index contributed by atoms with van der Waals surface area (Å²) < 4.78 is 5.37. The van der Waals surface area contributed by atoms with Crippen LogP contribution in [0.15, 0.2) is 0 Å². The van der Waals surface area contributed by atoms with Crippen molar-refractivity contribution in [1.29, 1.82) is 0 Å². The molecule has 1 saturated carbocycles. The molecule has 1 aliphatic carbocycles. The van der Waals surface area contributed by atoms with Crippen LogP contribution in [0.3, 0.4) is 0 Å². The highest BCUT2D eigenvalue weighted by Crippen LogP contribution is 2.44. The van der Waals surface area contributed by atoms with Crippen molar-refractivity contribution >= 4 is 5.91 Å². The molecule has 1 amide bonds. The fourth-order valence-corrected chi connectivity index (χ4v) is 2.49.